The number of amides is 2. The van der Waals surface area contributed by atoms with Crippen molar-refractivity contribution < 1.29 is 9.59 Å². The van der Waals surface area contributed by atoms with Crippen molar-refractivity contribution in [3.05, 3.63) is 24.0 Å². The number of nitrogen functional groups attached to an aromatic ring is 1. The fourth-order valence-corrected chi connectivity index (χ4v) is 1.10. The van der Waals surface area contributed by atoms with E-state index in [1.165, 1.54) is 19.3 Å². The zero-order valence-electron chi connectivity index (χ0n) is 8.99. The Morgan fingerprint density at radius 1 is 1.31 bits per heavy atom. The maximum absolute atomic E-state index is 11.5. The van der Waals surface area contributed by atoms with Crippen LogP contribution in [0.15, 0.2) is 18.5 Å². The van der Waals surface area contributed by atoms with E-state index in [2.05, 4.69) is 15.6 Å². The van der Waals surface area contributed by atoms with Crippen molar-refractivity contribution in [1.82, 2.24) is 15.6 Å². The summed E-state index contributed by atoms with van der Waals surface area (Å²) in [5.41, 5.74) is 6.34. The van der Waals surface area contributed by atoms with Crippen LogP contribution in [0.5, 0.6) is 0 Å². The van der Waals surface area contributed by atoms with Crippen LogP contribution in [0.25, 0.3) is 0 Å². The summed E-state index contributed by atoms with van der Waals surface area (Å²) < 4.78 is 0. The first-order chi connectivity index (χ1) is 7.59. The first kappa shape index (κ1) is 12.0. The van der Waals surface area contributed by atoms with Gasteiger partial charge < -0.3 is 16.4 Å². The minimum atomic E-state index is -0.259. The third-order valence-corrected chi connectivity index (χ3v) is 1.81. The normalized spacial score (nSPS) is 9.56. The molecular formula is C10H14N4O2. The van der Waals surface area contributed by atoms with Crippen molar-refractivity contribution in [1.29, 1.82) is 0 Å². The van der Waals surface area contributed by atoms with Gasteiger partial charge in [0, 0.05) is 32.4 Å². The van der Waals surface area contributed by atoms with Gasteiger partial charge in [-0.1, -0.05) is 0 Å². The summed E-state index contributed by atoms with van der Waals surface area (Å²) in [6.07, 6.45) is 2.90. The van der Waals surface area contributed by atoms with E-state index in [-0.39, 0.29) is 11.8 Å². The molecule has 4 N–H and O–H groups in total. The molecule has 0 saturated heterocycles. The quantitative estimate of drug-likeness (QED) is 0.600. The molecule has 16 heavy (non-hydrogen) atoms. The number of nitrogens with zero attached hydrogens (tertiary/aromatic N) is 1. The van der Waals surface area contributed by atoms with Gasteiger partial charge in [-0.2, -0.15) is 0 Å². The van der Waals surface area contributed by atoms with E-state index in [0.29, 0.717) is 24.3 Å². The molecular weight excluding hydrogens is 208 g/mol. The number of pyridine rings is 1. The molecule has 0 saturated carbocycles. The van der Waals surface area contributed by atoms with Gasteiger partial charge >= 0.3 is 0 Å². The smallest absolute Gasteiger partial charge is 0.252 e. The van der Waals surface area contributed by atoms with Crippen molar-refractivity contribution in [3.63, 3.8) is 0 Å². The summed E-state index contributed by atoms with van der Waals surface area (Å²) in [6, 6.07) is 1.54. The molecule has 86 valence electrons. The highest BCUT2D eigenvalue weighted by molar-refractivity contribution is 5.94. The number of rotatable bonds is 4. The van der Waals surface area contributed by atoms with Crippen LogP contribution in [0.4, 0.5) is 5.69 Å². The molecule has 6 heteroatoms. The standard InChI is InChI=1S/C10H14N4O2/c1-7(15)13-2-3-14-10(16)8-4-9(11)6-12-5-8/h4-6H,2-3,11H2,1H3,(H,13,15)(H,14,16). The highest BCUT2D eigenvalue weighted by atomic mass is 16.2. The largest absolute Gasteiger partial charge is 0.397 e. The second-order valence-electron chi connectivity index (χ2n) is 3.25. The van der Waals surface area contributed by atoms with Gasteiger partial charge in [-0.3, -0.25) is 14.6 Å². The molecule has 2 amide bonds. The maximum Gasteiger partial charge on any atom is 0.252 e. The van der Waals surface area contributed by atoms with Crippen molar-refractivity contribution in [2.75, 3.05) is 18.8 Å². The van der Waals surface area contributed by atoms with Crippen LogP contribution in [-0.2, 0) is 4.79 Å². The van der Waals surface area contributed by atoms with E-state index in [4.69, 9.17) is 5.73 Å². The molecule has 0 aliphatic heterocycles. The third kappa shape index (κ3) is 3.95. The van der Waals surface area contributed by atoms with Crippen molar-refractivity contribution in [3.8, 4) is 0 Å². The molecule has 1 aromatic rings. The number of carbonyl (C=O) groups excluding carboxylic acids is 2. The van der Waals surface area contributed by atoms with Crippen LogP contribution in [0.3, 0.4) is 0 Å². The minimum absolute atomic E-state index is 0.125. The molecule has 0 fully saturated rings. The Balaban J connectivity index is 2.38. The maximum atomic E-state index is 11.5. The number of aromatic nitrogens is 1. The Morgan fingerprint density at radius 2 is 2.00 bits per heavy atom. The Hall–Kier alpha value is -2.11. The third-order valence-electron chi connectivity index (χ3n) is 1.81. The van der Waals surface area contributed by atoms with E-state index in [0.717, 1.165) is 0 Å². The van der Waals surface area contributed by atoms with Crippen LogP contribution < -0.4 is 16.4 Å². The van der Waals surface area contributed by atoms with E-state index in [1.807, 2.05) is 0 Å². The molecule has 0 bridgehead atoms. The van der Waals surface area contributed by atoms with Gasteiger partial charge in [0.2, 0.25) is 5.91 Å². The summed E-state index contributed by atoms with van der Waals surface area (Å²) in [4.78, 5) is 25.9. The second-order valence-corrected chi connectivity index (χ2v) is 3.25. The van der Waals surface area contributed by atoms with Crippen LogP contribution in [0.2, 0.25) is 0 Å². The molecule has 0 spiro atoms. The summed E-state index contributed by atoms with van der Waals surface area (Å²) in [7, 11) is 0. The SMILES string of the molecule is CC(=O)NCCNC(=O)c1cncc(N)c1. The van der Waals surface area contributed by atoms with Crippen molar-refractivity contribution in [2.24, 2.45) is 0 Å². The lowest BCUT2D eigenvalue weighted by molar-refractivity contribution is -0.118. The number of carbonyl (C=O) groups is 2. The summed E-state index contributed by atoms with van der Waals surface area (Å²) >= 11 is 0. The molecule has 0 radical (unpaired) electrons. The van der Waals surface area contributed by atoms with E-state index < -0.39 is 0 Å². The van der Waals surface area contributed by atoms with Gasteiger partial charge in [0.15, 0.2) is 0 Å². The molecule has 0 aliphatic carbocycles. The lowest BCUT2D eigenvalue weighted by Crippen LogP contribution is -2.33. The molecule has 0 atom stereocenters. The molecule has 0 aromatic carbocycles. The van der Waals surface area contributed by atoms with Crippen LogP contribution >= 0.6 is 0 Å². The number of hydrogen-bond acceptors (Lipinski definition) is 4. The average molecular weight is 222 g/mol. The highest BCUT2D eigenvalue weighted by Gasteiger charge is 2.04. The first-order valence-corrected chi connectivity index (χ1v) is 4.83. The van der Waals surface area contributed by atoms with Gasteiger partial charge in [-0.25, -0.2) is 0 Å². The first-order valence-electron chi connectivity index (χ1n) is 4.83. The Kier molecular flexibility index (Phi) is 4.26. The van der Waals surface area contributed by atoms with Crippen molar-refractivity contribution >= 4 is 17.5 Å². The van der Waals surface area contributed by atoms with Gasteiger partial charge in [0.1, 0.15) is 0 Å². The fourth-order valence-electron chi connectivity index (χ4n) is 1.10. The Morgan fingerprint density at radius 3 is 2.62 bits per heavy atom. The highest BCUT2D eigenvalue weighted by Crippen LogP contribution is 2.02. The van der Waals surface area contributed by atoms with Gasteiger partial charge in [0.05, 0.1) is 11.3 Å². The molecule has 6 nitrogen and oxygen atoms in total. The summed E-state index contributed by atoms with van der Waals surface area (Å²) in [5, 5.41) is 5.20. The number of nitrogens with two attached hydrogens (primary N) is 1. The molecule has 1 rings (SSSR count). The van der Waals surface area contributed by atoms with Crippen molar-refractivity contribution in [2.45, 2.75) is 6.92 Å². The fraction of sp³-hybridized carbons (Fsp3) is 0.300. The zero-order valence-corrected chi connectivity index (χ0v) is 8.99. The predicted octanol–water partition coefficient (Wildman–Crippen LogP) is -0.470. The lowest BCUT2D eigenvalue weighted by atomic mass is 10.2. The van der Waals surface area contributed by atoms with Crippen LogP contribution in [0, 0.1) is 0 Å². The monoisotopic (exact) mass is 222 g/mol. The molecule has 1 aromatic heterocycles. The average Bonchev–Trinajstić information content (AvgIpc) is 2.24. The van der Waals surface area contributed by atoms with Crippen LogP contribution in [0.1, 0.15) is 17.3 Å². The summed E-state index contributed by atoms with van der Waals surface area (Å²) in [5.74, 6) is -0.384. The van der Waals surface area contributed by atoms with Gasteiger partial charge in [0.25, 0.3) is 5.91 Å². The van der Waals surface area contributed by atoms with Gasteiger partial charge in [-0.05, 0) is 6.07 Å². The minimum Gasteiger partial charge on any atom is -0.397 e. The van der Waals surface area contributed by atoms with E-state index in [9.17, 15) is 9.59 Å². The number of hydrogen-bond donors (Lipinski definition) is 3. The lowest BCUT2D eigenvalue weighted by Gasteiger charge is -2.05. The molecule has 1 heterocycles. The van der Waals surface area contributed by atoms with E-state index >= 15 is 0 Å². The summed E-state index contributed by atoms with van der Waals surface area (Å²) in [6.45, 7) is 2.19. The topological polar surface area (TPSA) is 97.1 Å². The van der Waals surface area contributed by atoms with Crippen LogP contribution in [-0.4, -0.2) is 29.9 Å². The zero-order chi connectivity index (χ0) is 12.0. The number of nitrogens with one attached hydrogen (secondary N) is 2. The predicted molar refractivity (Wildman–Crippen MR) is 59.7 cm³/mol. The molecule has 0 unspecified atom stereocenters. The Bertz CT molecular complexity index is 392. The second kappa shape index (κ2) is 5.69. The number of anilines is 1. The van der Waals surface area contributed by atoms with Gasteiger partial charge in [-0.15, -0.1) is 0 Å². The Labute approximate surface area is 93.2 Å². The molecule has 0 aliphatic rings. The van der Waals surface area contributed by atoms with E-state index in [1.54, 1.807) is 6.07 Å².